The van der Waals surface area contributed by atoms with Crippen LogP contribution in [0.25, 0.3) is 0 Å². The molecule has 0 heterocycles. The monoisotopic (exact) mass is 222 g/mol. The summed E-state index contributed by atoms with van der Waals surface area (Å²) < 4.78 is 36.5. The third-order valence-corrected chi connectivity index (χ3v) is 2.68. The lowest BCUT2D eigenvalue weighted by Gasteiger charge is -2.29. The lowest BCUT2D eigenvalue weighted by atomic mass is 9.94. The second kappa shape index (κ2) is 5.75. The molecule has 0 bridgehead atoms. The van der Waals surface area contributed by atoms with E-state index in [2.05, 4.69) is 0 Å². The van der Waals surface area contributed by atoms with Crippen molar-refractivity contribution in [3.05, 3.63) is 0 Å². The minimum atomic E-state index is -2.47. The van der Waals surface area contributed by atoms with Gasteiger partial charge in [0.15, 0.2) is 0 Å². The van der Waals surface area contributed by atoms with Crippen molar-refractivity contribution in [3.63, 3.8) is 0 Å². The molecule has 4 heteroatoms. The zero-order valence-corrected chi connectivity index (χ0v) is 9.47. The van der Waals surface area contributed by atoms with E-state index in [1.54, 1.807) is 0 Å². The molecule has 0 aromatic heterocycles. The van der Waals surface area contributed by atoms with Crippen molar-refractivity contribution in [3.8, 4) is 0 Å². The molecule has 1 aliphatic rings. The number of hydrogen-bond donors (Lipinski definition) is 0. The third-order valence-electron chi connectivity index (χ3n) is 2.68. The highest BCUT2D eigenvalue weighted by Gasteiger charge is 2.35. The Morgan fingerprint density at radius 2 is 1.93 bits per heavy atom. The summed E-state index contributed by atoms with van der Waals surface area (Å²) >= 11 is 0. The molecular formula is C11H20F2O2. The van der Waals surface area contributed by atoms with Crippen LogP contribution in [0.4, 0.5) is 8.78 Å². The van der Waals surface area contributed by atoms with Crippen molar-refractivity contribution in [1.82, 2.24) is 0 Å². The van der Waals surface area contributed by atoms with Gasteiger partial charge in [0.1, 0.15) is 0 Å². The molecule has 0 aliphatic heterocycles. The summed E-state index contributed by atoms with van der Waals surface area (Å²) in [4.78, 5) is 0. The van der Waals surface area contributed by atoms with Crippen LogP contribution >= 0.6 is 0 Å². The number of rotatable bonds is 5. The van der Waals surface area contributed by atoms with Crippen molar-refractivity contribution in [1.29, 1.82) is 0 Å². The standard InChI is InChI=1S/C11H20F2O2/c1-3-14-9(2)8-15-10-4-6-11(12,13)7-5-10/h9-10H,3-8H2,1-2H3. The summed E-state index contributed by atoms with van der Waals surface area (Å²) in [6.45, 7) is 5.02. The Balaban J connectivity index is 2.13. The van der Waals surface area contributed by atoms with Crippen LogP contribution in [0.3, 0.4) is 0 Å². The molecule has 0 aromatic carbocycles. The van der Waals surface area contributed by atoms with Crippen LogP contribution in [0.15, 0.2) is 0 Å². The maximum atomic E-state index is 12.8. The van der Waals surface area contributed by atoms with Gasteiger partial charge in [-0.3, -0.25) is 0 Å². The Morgan fingerprint density at radius 1 is 1.33 bits per heavy atom. The molecule has 0 radical (unpaired) electrons. The molecule has 90 valence electrons. The van der Waals surface area contributed by atoms with Gasteiger partial charge in [0.05, 0.1) is 18.8 Å². The minimum absolute atomic E-state index is 0.00692. The van der Waals surface area contributed by atoms with E-state index in [1.807, 2.05) is 13.8 Å². The van der Waals surface area contributed by atoms with Gasteiger partial charge in [0, 0.05) is 19.4 Å². The predicted octanol–water partition coefficient (Wildman–Crippen LogP) is 3.01. The van der Waals surface area contributed by atoms with E-state index < -0.39 is 5.92 Å². The van der Waals surface area contributed by atoms with E-state index in [0.717, 1.165) is 0 Å². The maximum Gasteiger partial charge on any atom is 0.248 e. The average molecular weight is 222 g/mol. The first-order valence-electron chi connectivity index (χ1n) is 5.64. The smallest absolute Gasteiger partial charge is 0.248 e. The van der Waals surface area contributed by atoms with Crippen LogP contribution < -0.4 is 0 Å². The van der Waals surface area contributed by atoms with Crippen molar-refractivity contribution in [2.45, 2.75) is 57.7 Å². The van der Waals surface area contributed by atoms with Gasteiger partial charge in [-0.15, -0.1) is 0 Å². The van der Waals surface area contributed by atoms with Crippen LogP contribution in [0.2, 0.25) is 0 Å². The van der Waals surface area contributed by atoms with Gasteiger partial charge in [-0.05, 0) is 26.7 Å². The molecule has 1 unspecified atom stereocenters. The van der Waals surface area contributed by atoms with Crippen LogP contribution in [0.5, 0.6) is 0 Å². The largest absolute Gasteiger partial charge is 0.376 e. The number of alkyl halides is 2. The second-order valence-electron chi connectivity index (χ2n) is 4.15. The Kier molecular flexibility index (Phi) is 4.93. The Hall–Kier alpha value is -0.220. The molecule has 0 amide bonds. The summed E-state index contributed by atoms with van der Waals surface area (Å²) in [6.07, 6.45) is 0.893. The van der Waals surface area contributed by atoms with Crippen molar-refractivity contribution >= 4 is 0 Å². The highest BCUT2D eigenvalue weighted by atomic mass is 19.3. The molecule has 1 rings (SSSR count). The zero-order valence-electron chi connectivity index (χ0n) is 9.47. The van der Waals surface area contributed by atoms with E-state index >= 15 is 0 Å². The molecule has 0 saturated heterocycles. The Labute approximate surface area is 89.9 Å². The molecular weight excluding hydrogens is 202 g/mol. The van der Waals surface area contributed by atoms with E-state index in [4.69, 9.17) is 9.47 Å². The lowest BCUT2D eigenvalue weighted by Crippen LogP contribution is -2.31. The highest BCUT2D eigenvalue weighted by Crippen LogP contribution is 2.34. The van der Waals surface area contributed by atoms with Crippen LogP contribution in [0, 0.1) is 0 Å². The quantitative estimate of drug-likeness (QED) is 0.712. The molecule has 1 saturated carbocycles. The first-order chi connectivity index (χ1) is 7.03. The molecule has 0 aromatic rings. The molecule has 1 aliphatic carbocycles. The summed E-state index contributed by atoms with van der Waals surface area (Å²) in [5.41, 5.74) is 0. The van der Waals surface area contributed by atoms with E-state index in [0.29, 0.717) is 26.1 Å². The van der Waals surface area contributed by atoms with Gasteiger partial charge in [-0.2, -0.15) is 0 Å². The van der Waals surface area contributed by atoms with Crippen LogP contribution in [-0.4, -0.2) is 31.3 Å². The Bertz CT molecular complexity index is 175. The minimum Gasteiger partial charge on any atom is -0.376 e. The first-order valence-corrected chi connectivity index (χ1v) is 5.64. The van der Waals surface area contributed by atoms with Crippen LogP contribution in [0.1, 0.15) is 39.5 Å². The topological polar surface area (TPSA) is 18.5 Å². The van der Waals surface area contributed by atoms with Crippen molar-refractivity contribution in [2.75, 3.05) is 13.2 Å². The van der Waals surface area contributed by atoms with E-state index in [-0.39, 0.29) is 25.0 Å². The summed E-state index contributed by atoms with van der Waals surface area (Å²) in [7, 11) is 0. The summed E-state index contributed by atoms with van der Waals surface area (Å²) in [5, 5.41) is 0. The van der Waals surface area contributed by atoms with Crippen LogP contribution in [-0.2, 0) is 9.47 Å². The molecule has 0 N–H and O–H groups in total. The fraction of sp³-hybridized carbons (Fsp3) is 1.00. The highest BCUT2D eigenvalue weighted by molar-refractivity contribution is 4.77. The normalized spacial score (nSPS) is 24.0. The van der Waals surface area contributed by atoms with Gasteiger partial charge in [-0.1, -0.05) is 0 Å². The molecule has 1 fully saturated rings. The average Bonchev–Trinajstić information content (AvgIpc) is 2.17. The predicted molar refractivity (Wildman–Crippen MR) is 54.2 cm³/mol. The number of hydrogen-bond acceptors (Lipinski definition) is 2. The zero-order chi connectivity index (χ0) is 11.3. The van der Waals surface area contributed by atoms with Gasteiger partial charge in [0.2, 0.25) is 5.92 Å². The van der Waals surface area contributed by atoms with Gasteiger partial charge >= 0.3 is 0 Å². The van der Waals surface area contributed by atoms with Crippen molar-refractivity contribution < 1.29 is 18.3 Å². The molecule has 15 heavy (non-hydrogen) atoms. The second-order valence-corrected chi connectivity index (χ2v) is 4.15. The first kappa shape index (κ1) is 12.8. The molecule has 2 nitrogen and oxygen atoms in total. The Morgan fingerprint density at radius 3 is 2.47 bits per heavy atom. The lowest BCUT2D eigenvalue weighted by molar-refractivity contribution is -0.0961. The molecule has 1 atom stereocenters. The van der Waals surface area contributed by atoms with Gasteiger partial charge in [0.25, 0.3) is 0 Å². The van der Waals surface area contributed by atoms with Gasteiger partial charge in [-0.25, -0.2) is 8.78 Å². The SMILES string of the molecule is CCOC(C)COC1CCC(F)(F)CC1. The number of halogens is 2. The summed E-state index contributed by atoms with van der Waals surface area (Å²) in [5.74, 6) is -2.47. The van der Waals surface area contributed by atoms with Crippen molar-refractivity contribution in [2.24, 2.45) is 0 Å². The fourth-order valence-electron chi connectivity index (χ4n) is 1.78. The third kappa shape index (κ3) is 4.89. The van der Waals surface area contributed by atoms with E-state index in [9.17, 15) is 8.78 Å². The molecule has 0 spiro atoms. The fourth-order valence-corrected chi connectivity index (χ4v) is 1.78. The summed E-state index contributed by atoms with van der Waals surface area (Å²) in [6, 6.07) is 0. The maximum absolute atomic E-state index is 12.8. The number of ether oxygens (including phenoxy) is 2. The van der Waals surface area contributed by atoms with E-state index in [1.165, 1.54) is 0 Å². The van der Waals surface area contributed by atoms with Gasteiger partial charge < -0.3 is 9.47 Å².